The number of rotatable bonds is 9. The molecule has 0 radical (unpaired) electrons. The summed E-state index contributed by atoms with van der Waals surface area (Å²) < 4.78 is 5.39. The van der Waals surface area contributed by atoms with Crippen molar-refractivity contribution in [3.05, 3.63) is 35.9 Å². The van der Waals surface area contributed by atoms with E-state index >= 15 is 0 Å². The second kappa shape index (κ2) is 9.56. The molecule has 0 fully saturated rings. The molecular formula is C18H29NO2. The number of hydrogen-bond acceptors (Lipinski definition) is 2. The molecule has 0 saturated carbocycles. The molecule has 1 aromatic rings. The molecule has 0 unspecified atom stereocenters. The fraction of sp³-hybridized carbons (Fsp3) is 0.611. The monoisotopic (exact) mass is 291 g/mol. The first-order valence-corrected chi connectivity index (χ1v) is 7.86. The van der Waals surface area contributed by atoms with Crippen LogP contribution in [0.3, 0.4) is 0 Å². The van der Waals surface area contributed by atoms with Crippen LogP contribution in [0, 0.1) is 5.41 Å². The number of carbonyl (C=O) groups excluding carboxylic acids is 1. The quantitative estimate of drug-likeness (QED) is 0.700. The van der Waals surface area contributed by atoms with Crippen molar-refractivity contribution in [1.29, 1.82) is 0 Å². The van der Waals surface area contributed by atoms with Gasteiger partial charge >= 0.3 is 0 Å². The lowest BCUT2D eigenvalue weighted by Crippen LogP contribution is -2.28. The molecule has 0 heterocycles. The molecule has 118 valence electrons. The van der Waals surface area contributed by atoms with Gasteiger partial charge in [-0.15, -0.1) is 0 Å². The van der Waals surface area contributed by atoms with Crippen molar-refractivity contribution in [1.82, 2.24) is 5.32 Å². The molecule has 0 aliphatic heterocycles. The molecule has 0 aliphatic carbocycles. The Morgan fingerprint density at radius 3 is 2.48 bits per heavy atom. The molecule has 3 heteroatoms. The summed E-state index contributed by atoms with van der Waals surface area (Å²) in [6.45, 7) is 8.16. The van der Waals surface area contributed by atoms with Crippen LogP contribution in [0.15, 0.2) is 30.3 Å². The molecular weight excluding hydrogens is 262 g/mol. The van der Waals surface area contributed by atoms with Gasteiger partial charge in [-0.1, -0.05) is 63.9 Å². The van der Waals surface area contributed by atoms with Crippen LogP contribution in [-0.4, -0.2) is 19.1 Å². The van der Waals surface area contributed by atoms with Crippen molar-refractivity contribution < 1.29 is 9.53 Å². The lowest BCUT2D eigenvalue weighted by Gasteiger charge is -2.17. The second-order valence-corrected chi connectivity index (χ2v) is 6.70. The average Bonchev–Trinajstić information content (AvgIpc) is 2.43. The number of amides is 1. The number of hydrogen-bond donors (Lipinski definition) is 1. The first-order chi connectivity index (χ1) is 9.97. The summed E-state index contributed by atoms with van der Waals surface area (Å²) in [5.74, 6) is -0.0262. The maximum absolute atomic E-state index is 11.6. The molecule has 3 nitrogen and oxygen atoms in total. The molecule has 21 heavy (non-hydrogen) atoms. The molecule has 1 amide bonds. The van der Waals surface area contributed by atoms with Gasteiger partial charge in [-0.2, -0.15) is 0 Å². The normalized spacial score (nSPS) is 11.4. The predicted octanol–water partition coefficient (Wildman–Crippen LogP) is 3.93. The molecule has 1 N–H and O–H groups in total. The number of benzene rings is 1. The first-order valence-electron chi connectivity index (χ1n) is 7.86. The molecule has 1 aromatic carbocycles. The zero-order chi connectivity index (χ0) is 15.6. The maximum Gasteiger partial charge on any atom is 0.246 e. The number of carbonyl (C=O) groups is 1. The molecule has 1 rings (SSSR count). The van der Waals surface area contributed by atoms with Gasteiger partial charge in [0.1, 0.15) is 6.61 Å². The zero-order valence-electron chi connectivity index (χ0n) is 13.7. The Morgan fingerprint density at radius 1 is 1.10 bits per heavy atom. The highest BCUT2D eigenvalue weighted by atomic mass is 16.5. The van der Waals surface area contributed by atoms with Crippen molar-refractivity contribution in [2.24, 2.45) is 5.41 Å². The van der Waals surface area contributed by atoms with Crippen LogP contribution >= 0.6 is 0 Å². The third-order valence-electron chi connectivity index (χ3n) is 3.27. The van der Waals surface area contributed by atoms with Gasteiger partial charge in [0.05, 0.1) is 6.61 Å². The van der Waals surface area contributed by atoms with Crippen molar-refractivity contribution >= 4 is 5.91 Å². The summed E-state index contributed by atoms with van der Waals surface area (Å²) in [6.07, 6.45) is 4.67. The van der Waals surface area contributed by atoms with E-state index < -0.39 is 0 Å². The smallest absolute Gasteiger partial charge is 0.246 e. The van der Waals surface area contributed by atoms with Crippen molar-refractivity contribution in [3.8, 4) is 0 Å². The van der Waals surface area contributed by atoms with Gasteiger partial charge in [0.25, 0.3) is 0 Å². The van der Waals surface area contributed by atoms with E-state index in [4.69, 9.17) is 4.74 Å². The lowest BCUT2D eigenvalue weighted by molar-refractivity contribution is -0.126. The zero-order valence-corrected chi connectivity index (χ0v) is 13.7. The van der Waals surface area contributed by atoms with Crippen LogP contribution in [0.1, 0.15) is 52.0 Å². The fourth-order valence-electron chi connectivity index (χ4n) is 2.07. The number of ether oxygens (including phenoxy) is 1. The second-order valence-electron chi connectivity index (χ2n) is 6.70. The van der Waals surface area contributed by atoms with E-state index in [0.29, 0.717) is 12.0 Å². The van der Waals surface area contributed by atoms with Crippen LogP contribution < -0.4 is 5.32 Å². The van der Waals surface area contributed by atoms with Crippen LogP contribution in [0.4, 0.5) is 0 Å². The molecule has 0 atom stereocenters. The van der Waals surface area contributed by atoms with Gasteiger partial charge in [-0.3, -0.25) is 4.79 Å². The van der Waals surface area contributed by atoms with E-state index in [2.05, 4.69) is 26.1 Å². The Labute approximate surface area is 129 Å². The van der Waals surface area contributed by atoms with Crippen molar-refractivity contribution in [2.45, 2.75) is 53.1 Å². The predicted molar refractivity (Wildman–Crippen MR) is 87.0 cm³/mol. The van der Waals surface area contributed by atoms with E-state index in [1.165, 1.54) is 19.3 Å². The summed E-state index contributed by atoms with van der Waals surface area (Å²) in [4.78, 5) is 11.6. The van der Waals surface area contributed by atoms with Crippen molar-refractivity contribution in [3.63, 3.8) is 0 Å². The summed E-state index contributed by atoms with van der Waals surface area (Å²) >= 11 is 0. The van der Waals surface area contributed by atoms with Gasteiger partial charge in [-0.25, -0.2) is 0 Å². The minimum Gasteiger partial charge on any atom is -0.367 e. The fourth-order valence-corrected chi connectivity index (χ4v) is 2.07. The largest absolute Gasteiger partial charge is 0.367 e. The Bertz CT molecular complexity index is 395. The first kappa shape index (κ1) is 17.7. The van der Waals surface area contributed by atoms with Crippen LogP contribution in [0.2, 0.25) is 0 Å². The molecule has 0 saturated heterocycles. The summed E-state index contributed by atoms with van der Waals surface area (Å²) in [7, 11) is 0. The van der Waals surface area contributed by atoms with E-state index in [1.807, 2.05) is 30.3 Å². The Morgan fingerprint density at radius 2 is 1.81 bits per heavy atom. The minimum atomic E-state index is -0.0262. The van der Waals surface area contributed by atoms with E-state index in [0.717, 1.165) is 18.5 Å². The average molecular weight is 291 g/mol. The highest BCUT2D eigenvalue weighted by Crippen LogP contribution is 2.21. The van der Waals surface area contributed by atoms with Crippen LogP contribution in [0.25, 0.3) is 0 Å². The Hall–Kier alpha value is -1.35. The summed E-state index contributed by atoms with van der Waals surface area (Å²) in [5.41, 5.74) is 1.50. The standard InChI is InChI=1S/C18H29NO2/c1-18(2,3)12-8-5-9-13-19-17(20)15-21-14-16-10-6-4-7-11-16/h4,6-7,10-11H,5,8-9,12-15H2,1-3H3,(H,19,20). The summed E-state index contributed by atoms with van der Waals surface area (Å²) in [5, 5.41) is 2.90. The highest BCUT2D eigenvalue weighted by Gasteiger charge is 2.08. The third kappa shape index (κ3) is 10.1. The van der Waals surface area contributed by atoms with Gasteiger partial charge < -0.3 is 10.1 Å². The summed E-state index contributed by atoms with van der Waals surface area (Å²) in [6, 6.07) is 9.89. The van der Waals surface area contributed by atoms with Gasteiger partial charge in [0.2, 0.25) is 5.91 Å². The van der Waals surface area contributed by atoms with Crippen LogP contribution in [-0.2, 0) is 16.1 Å². The van der Waals surface area contributed by atoms with E-state index in [-0.39, 0.29) is 12.5 Å². The number of unbranched alkanes of at least 4 members (excludes halogenated alkanes) is 2. The van der Waals surface area contributed by atoms with Gasteiger partial charge in [0, 0.05) is 6.54 Å². The van der Waals surface area contributed by atoms with Crippen LogP contribution in [0.5, 0.6) is 0 Å². The maximum atomic E-state index is 11.6. The topological polar surface area (TPSA) is 38.3 Å². The molecule has 0 bridgehead atoms. The van der Waals surface area contributed by atoms with E-state index in [1.54, 1.807) is 0 Å². The van der Waals surface area contributed by atoms with Gasteiger partial charge in [-0.05, 0) is 23.8 Å². The number of nitrogens with one attached hydrogen (secondary N) is 1. The minimum absolute atomic E-state index is 0.0262. The van der Waals surface area contributed by atoms with Gasteiger partial charge in [0.15, 0.2) is 0 Å². The highest BCUT2D eigenvalue weighted by molar-refractivity contribution is 5.77. The Balaban J connectivity index is 1.97. The van der Waals surface area contributed by atoms with E-state index in [9.17, 15) is 4.79 Å². The van der Waals surface area contributed by atoms with Crippen molar-refractivity contribution in [2.75, 3.05) is 13.2 Å². The third-order valence-corrected chi connectivity index (χ3v) is 3.27. The molecule has 0 spiro atoms. The Kier molecular flexibility index (Phi) is 8.06. The molecule has 0 aromatic heterocycles. The molecule has 0 aliphatic rings. The lowest BCUT2D eigenvalue weighted by atomic mass is 9.89. The SMILES string of the molecule is CC(C)(C)CCCCCNC(=O)COCc1ccccc1.